The zero-order valence-corrected chi connectivity index (χ0v) is 14.5. The van der Waals surface area contributed by atoms with E-state index in [2.05, 4.69) is 9.78 Å². The van der Waals surface area contributed by atoms with Crippen molar-refractivity contribution in [1.29, 1.82) is 0 Å². The lowest BCUT2D eigenvalue weighted by Crippen LogP contribution is -2.46. The summed E-state index contributed by atoms with van der Waals surface area (Å²) >= 11 is 0. The van der Waals surface area contributed by atoms with Gasteiger partial charge in [-0.25, -0.2) is 19.6 Å². The first-order valence-corrected chi connectivity index (χ1v) is 6.65. The summed E-state index contributed by atoms with van der Waals surface area (Å²) in [6.07, 6.45) is 0. The number of carboxylic acids is 2. The molecule has 8 nitrogen and oxygen atoms in total. The third-order valence-electron chi connectivity index (χ3n) is 1.48. The van der Waals surface area contributed by atoms with Gasteiger partial charge < -0.3 is 19.8 Å². The van der Waals surface area contributed by atoms with Crippen molar-refractivity contribution in [3.05, 3.63) is 0 Å². The summed E-state index contributed by atoms with van der Waals surface area (Å²) in [4.78, 5) is 38.6. The predicted molar refractivity (Wildman–Crippen MR) is 72.8 cm³/mol. The average molecular weight is 322 g/mol. The fourth-order valence-corrected chi connectivity index (χ4v) is 0.518. The minimum absolute atomic E-state index is 0.477. The van der Waals surface area contributed by atoms with Crippen LogP contribution in [-0.4, -0.2) is 35.3 Å². The monoisotopic (exact) mass is 322 g/mol. The van der Waals surface area contributed by atoms with E-state index in [1.165, 1.54) is 13.8 Å². The standard InChI is InChI=1S/C8H16O4.C6H12O4/c1-7(2,3)11-12-8(4,5)6(9)10;1-6(2,3)10-9-4-5(7)8/h1-5H3,(H,9,10);4H2,1-3H3,(H,7,8)/p-2. The lowest BCUT2D eigenvalue weighted by Gasteiger charge is -2.28. The Labute approximate surface area is 131 Å². The zero-order chi connectivity index (χ0) is 18.2. The quantitative estimate of drug-likeness (QED) is 0.485. The minimum atomic E-state index is -1.41. The second kappa shape index (κ2) is 9.04. The van der Waals surface area contributed by atoms with E-state index in [1.54, 1.807) is 41.5 Å². The van der Waals surface area contributed by atoms with Gasteiger partial charge in [0.2, 0.25) is 0 Å². The van der Waals surface area contributed by atoms with Crippen molar-refractivity contribution in [2.24, 2.45) is 0 Å². The van der Waals surface area contributed by atoms with Crippen LogP contribution in [0.2, 0.25) is 0 Å². The van der Waals surface area contributed by atoms with Crippen LogP contribution in [-0.2, 0) is 29.1 Å². The molecule has 0 saturated heterocycles. The van der Waals surface area contributed by atoms with Gasteiger partial charge >= 0.3 is 0 Å². The maximum Gasteiger partial charge on any atom is 0.137 e. The Morgan fingerprint density at radius 2 is 1.18 bits per heavy atom. The second-order valence-electron chi connectivity index (χ2n) is 6.91. The molecule has 8 heteroatoms. The van der Waals surface area contributed by atoms with Crippen LogP contribution in [0.5, 0.6) is 0 Å². The number of carboxylic acid groups (broad SMARTS) is 2. The van der Waals surface area contributed by atoms with Crippen molar-refractivity contribution in [3.8, 4) is 0 Å². The molecule has 0 heterocycles. The number of hydrogen-bond acceptors (Lipinski definition) is 8. The van der Waals surface area contributed by atoms with E-state index < -0.39 is 35.3 Å². The highest BCUT2D eigenvalue weighted by Crippen LogP contribution is 2.15. The fourth-order valence-electron chi connectivity index (χ4n) is 0.518. The summed E-state index contributed by atoms with van der Waals surface area (Å²) in [5.74, 6) is -2.59. The summed E-state index contributed by atoms with van der Waals surface area (Å²) in [7, 11) is 0. The van der Waals surface area contributed by atoms with Crippen LogP contribution in [0.1, 0.15) is 55.4 Å². The molecule has 0 rings (SSSR count). The van der Waals surface area contributed by atoms with Crippen molar-refractivity contribution in [2.75, 3.05) is 6.61 Å². The average Bonchev–Trinajstić information content (AvgIpc) is 2.24. The molecule has 0 bridgehead atoms. The van der Waals surface area contributed by atoms with Crippen LogP contribution in [0.25, 0.3) is 0 Å². The molecule has 0 aliphatic rings. The zero-order valence-electron chi connectivity index (χ0n) is 14.5. The molecule has 0 fully saturated rings. The molecule has 0 aromatic heterocycles. The summed E-state index contributed by atoms with van der Waals surface area (Å²) in [6, 6.07) is 0. The Kier molecular flexibility index (Phi) is 9.47. The Bertz CT molecular complexity index is 349. The van der Waals surface area contributed by atoms with Crippen molar-refractivity contribution < 1.29 is 39.4 Å². The molecule has 0 radical (unpaired) electrons. The smallest absolute Gasteiger partial charge is 0.137 e. The normalized spacial score (nSPS) is 12.4. The van der Waals surface area contributed by atoms with Crippen molar-refractivity contribution in [3.63, 3.8) is 0 Å². The number of carbonyl (C=O) groups excluding carboxylic acids is 2. The topological polar surface area (TPSA) is 117 Å². The van der Waals surface area contributed by atoms with Crippen LogP contribution in [0.3, 0.4) is 0 Å². The first kappa shape index (κ1) is 23.1. The highest BCUT2D eigenvalue weighted by Gasteiger charge is 2.24. The van der Waals surface area contributed by atoms with Crippen LogP contribution in [0.4, 0.5) is 0 Å². The van der Waals surface area contributed by atoms with Gasteiger partial charge in [-0.05, 0) is 55.4 Å². The molecule has 0 N–H and O–H groups in total. The number of carbonyl (C=O) groups is 2. The van der Waals surface area contributed by atoms with Gasteiger partial charge in [0, 0.05) is 0 Å². The SMILES string of the molecule is CC(C)(C)OOC(C)(C)C(=O)[O-].CC(C)(C)OOCC(=O)[O-]. The molecule has 0 atom stereocenters. The third-order valence-corrected chi connectivity index (χ3v) is 1.48. The lowest BCUT2D eigenvalue weighted by atomic mass is 10.1. The highest BCUT2D eigenvalue weighted by atomic mass is 17.2. The van der Waals surface area contributed by atoms with Gasteiger partial charge in [0.1, 0.15) is 12.2 Å². The van der Waals surface area contributed by atoms with Gasteiger partial charge in [0.25, 0.3) is 0 Å². The molecular weight excluding hydrogens is 296 g/mol. The van der Waals surface area contributed by atoms with Gasteiger partial charge in [-0.3, -0.25) is 0 Å². The first-order valence-electron chi connectivity index (χ1n) is 6.65. The predicted octanol–water partition coefficient (Wildman–Crippen LogP) is -0.255. The molecule has 132 valence electrons. The Hall–Kier alpha value is -1.22. The largest absolute Gasteiger partial charge is 0.547 e. The van der Waals surface area contributed by atoms with Gasteiger partial charge in [0.15, 0.2) is 0 Å². The van der Waals surface area contributed by atoms with E-state index in [0.717, 1.165) is 0 Å². The molecule has 0 unspecified atom stereocenters. The maximum atomic E-state index is 10.4. The molecule has 0 aliphatic heterocycles. The van der Waals surface area contributed by atoms with Crippen molar-refractivity contribution in [1.82, 2.24) is 0 Å². The number of hydrogen-bond donors (Lipinski definition) is 0. The Morgan fingerprint density at radius 1 is 0.773 bits per heavy atom. The van der Waals surface area contributed by atoms with Crippen LogP contribution < -0.4 is 10.2 Å². The summed E-state index contributed by atoms with van der Waals surface area (Å²) in [5, 5.41) is 20.2. The third kappa shape index (κ3) is 16.8. The Balaban J connectivity index is 0. The molecule has 0 aromatic rings. The summed E-state index contributed by atoms with van der Waals surface area (Å²) in [5.41, 5.74) is -2.41. The van der Waals surface area contributed by atoms with Crippen molar-refractivity contribution >= 4 is 11.9 Å². The van der Waals surface area contributed by atoms with Gasteiger partial charge in [0.05, 0.1) is 23.1 Å². The van der Waals surface area contributed by atoms with Gasteiger partial charge in [-0.2, -0.15) is 0 Å². The van der Waals surface area contributed by atoms with Crippen LogP contribution >= 0.6 is 0 Å². The van der Waals surface area contributed by atoms with E-state index in [9.17, 15) is 19.8 Å². The second-order valence-corrected chi connectivity index (χ2v) is 6.91. The fraction of sp³-hybridized carbons (Fsp3) is 0.857. The lowest BCUT2D eigenvalue weighted by molar-refractivity contribution is -0.413. The molecule has 0 amide bonds. The maximum absolute atomic E-state index is 10.4. The molecule has 0 saturated carbocycles. The van der Waals surface area contributed by atoms with Crippen LogP contribution in [0.15, 0.2) is 0 Å². The number of aliphatic carboxylic acids is 2. The molecule has 22 heavy (non-hydrogen) atoms. The Morgan fingerprint density at radius 3 is 1.45 bits per heavy atom. The summed E-state index contributed by atoms with van der Waals surface area (Å²) in [6.45, 7) is 12.8. The number of rotatable bonds is 6. The first-order chi connectivity index (χ1) is 9.57. The summed E-state index contributed by atoms with van der Waals surface area (Å²) < 4.78 is 0. The molecule has 0 spiro atoms. The van der Waals surface area contributed by atoms with Gasteiger partial charge in [-0.1, -0.05) is 0 Å². The van der Waals surface area contributed by atoms with Gasteiger partial charge in [-0.15, -0.1) is 0 Å². The van der Waals surface area contributed by atoms with E-state index in [1.807, 2.05) is 0 Å². The highest BCUT2D eigenvalue weighted by molar-refractivity contribution is 5.73. The van der Waals surface area contributed by atoms with E-state index in [-0.39, 0.29) is 0 Å². The van der Waals surface area contributed by atoms with E-state index in [0.29, 0.717) is 0 Å². The van der Waals surface area contributed by atoms with E-state index in [4.69, 9.17) is 9.78 Å². The van der Waals surface area contributed by atoms with Crippen molar-refractivity contribution in [2.45, 2.75) is 72.2 Å². The molecule has 0 aromatic carbocycles. The minimum Gasteiger partial charge on any atom is -0.547 e. The molecule has 0 aliphatic carbocycles. The molecular formula is C14H26O8-2. The van der Waals surface area contributed by atoms with Crippen LogP contribution in [0, 0.1) is 0 Å². The van der Waals surface area contributed by atoms with E-state index >= 15 is 0 Å².